The van der Waals surface area contributed by atoms with Crippen molar-refractivity contribution in [3.05, 3.63) is 54.6 Å². The number of hydrogen-bond acceptors (Lipinski definition) is 2. The number of aryl methyl sites for hydroxylation is 2. The molecule has 3 rings (SSSR count). The molecule has 3 aromatic rings. The molecule has 2 aromatic heterocycles. The van der Waals surface area contributed by atoms with Crippen LogP contribution in [0.3, 0.4) is 0 Å². The van der Waals surface area contributed by atoms with E-state index in [1.807, 2.05) is 42.5 Å². The maximum absolute atomic E-state index is 4.38. The molecule has 0 aliphatic rings. The predicted molar refractivity (Wildman–Crippen MR) is 70.9 cm³/mol. The van der Waals surface area contributed by atoms with Crippen LogP contribution in [0.1, 0.15) is 5.56 Å². The van der Waals surface area contributed by atoms with Gasteiger partial charge in [0.2, 0.25) is 0 Å². The van der Waals surface area contributed by atoms with Crippen LogP contribution in [-0.2, 0) is 7.05 Å². The zero-order valence-corrected chi connectivity index (χ0v) is 10.5. The molecule has 0 atom stereocenters. The first kappa shape index (κ1) is 10.8. The van der Waals surface area contributed by atoms with E-state index in [0.717, 1.165) is 11.2 Å². The number of rotatable bonds is 1. The minimum Gasteiger partial charge on any atom is -0.256 e. The van der Waals surface area contributed by atoms with Crippen molar-refractivity contribution in [2.45, 2.75) is 6.92 Å². The molecule has 0 aliphatic heterocycles. The van der Waals surface area contributed by atoms with Crippen LogP contribution in [0.5, 0.6) is 0 Å². The fourth-order valence-corrected chi connectivity index (χ4v) is 2.29. The van der Waals surface area contributed by atoms with Crippen molar-refractivity contribution in [3.8, 4) is 11.3 Å². The summed E-state index contributed by atoms with van der Waals surface area (Å²) < 4.78 is 2.03. The van der Waals surface area contributed by atoms with Crippen molar-refractivity contribution in [1.29, 1.82) is 0 Å². The van der Waals surface area contributed by atoms with E-state index < -0.39 is 0 Å². The van der Waals surface area contributed by atoms with Gasteiger partial charge in [0.25, 0.3) is 6.33 Å². The molecule has 0 N–H and O–H groups in total. The Kier molecular flexibility index (Phi) is 2.52. The first-order valence-corrected chi connectivity index (χ1v) is 5.92. The van der Waals surface area contributed by atoms with E-state index in [1.165, 1.54) is 16.5 Å². The van der Waals surface area contributed by atoms with Crippen molar-refractivity contribution >= 4 is 10.9 Å². The van der Waals surface area contributed by atoms with Gasteiger partial charge in [-0.15, -0.1) is 0 Å². The Morgan fingerprint density at radius 2 is 1.94 bits per heavy atom. The SMILES string of the molecule is Cc1c(-c2ccnc[n+]2C)ccc2ncccc12. The van der Waals surface area contributed by atoms with Gasteiger partial charge in [-0.3, -0.25) is 4.98 Å². The van der Waals surface area contributed by atoms with Crippen LogP contribution in [0.25, 0.3) is 22.2 Å². The molecular formula is C15H14N3+. The minimum atomic E-state index is 1.04. The second kappa shape index (κ2) is 4.18. The van der Waals surface area contributed by atoms with E-state index in [4.69, 9.17) is 0 Å². The summed E-state index contributed by atoms with van der Waals surface area (Å²) in [7, 11) is 2.01. The smallest absolute Gasteiger partial charge is 0.256 e. The van der Waals surface area contributed by atoms with Gasteiger partial charge >= 0.3 is 0 Å². The van der Waals surface area contributed by atoms with Gasteiger partial charge in [0.15, 0.2) is 0 Å². The second-order valence-electron chi connectivity index (χ2n) is 4.38. The van der Waals surface area contributed by atoms with Gasteiger partial charge in [-0.1, -0.05) is 11.1 Å². The third kappa shape index (κ3) is 1.64. The molecule has 3 nitrogen and oxygen atoms in total. The predicted octanol–water partition coefficient (Wildman–Crippen LogP) is 2.43. The highest BCUT2D eigenvalue weighted by molar-refractivity contribution is 5.87. The Labute approximate surface area is 106 Å². The molecule has 3 heteroatoms. The molecule has 0 saturated heterocycles. The van der Waals surface area contributed by atoms with E-state index in [0.29, 0.717) is 0 Å². The highest BCUT2D eigenvalue weighted by atomic mass is 15.0. The highest BCUT2D eigenvalue weighted by Crippen LogP contribution is 2.26. The molecule has 0 fully saturated rings. The molecule has 0 spiro atoms. The average molecular weight is 236 g/mol. The molecular weight excluding hydrogens is 222 g/mol. The standard InChI is InChI=1S/C15H14N3/c1-11-12-4-3-8-17-14(12)6-5-13(11)15-7-9-16-10-18(15)2/h3-10H,1-2H3/q+1. The molecule has 0 unspecified atom stereocenters. The molecule has 18 heavy (non-hydrogen) atoms. The normalized spacial score (nSPS) is 10.8. The lowest BCUT2D eigenvalue weighted by Gasteiger charge is -2.08. The fraction of sp³-hybridized carbons (Fsp3) is 0.133. The van der Waals surface area contributed by atoms with Crippen LogP contribution in [-0.4, -0.2) is 9.97 Å². The maximum Gasteiger partial charge on any atom is 0.286 e. The number of fused-ring (bicyclic) bond motifs is 1. The van der Waals surface area contributed by atoms with Crippen LogP contribution in [0, 0.1) is 6.92 Å². The summed E-state index contributed by atoms with van der Waals surface area (Å²) in [5.41, 5.74) is 4.67. The van der Waals surface area contributed by atoms with Crippen molar-refractivity contribution in [2.75, 3.05) is 0 Å². The summed E-state index contributed by atoms with van der Waals surface area (Å²) in [6, 6.07) is 10.3. The summed E-state index contributed by atoms with van der Waals surface area (Å²) in [5.74, 6) is 0. The third-order valence-electron chi connectivity index (χ3n) is 3.27. The van der Waals surface area contributed by atoms with Crippen LogP contribution < -0.4 is 4.57 Å². The van der Waals surface area contributed by atoms with E-state index in [9.17, 15) is 0 Å². The second-order valence-corrected chi connectivity index (χ2v) is 4.38. The molecule has 2 heterocycles. The molecule has 0 saturated carbocycles. The van der Waals surface area contributed by atoms with Crippen LogP contribution in [0.2, 0.25) is 0 Å². The lowest BCUT2D eigenvalue weighted by atomic mass is 10.0. The summed E-state index contributed by atoms with van der Waals surface area (Å²) in [4.78, 5) is 8.49. The van der Waals surface area contributed by atoms with Gasteiger partial charge in [0, 0.05) is 23.2 Å². The van der Waals surface area contributed by atoms with Gasteiger partial charge in [-0.25, -0.2) is 4.57 Å². The van der Waals surface area contributed by atoms with Crippen LogP contribution in [0.15, 0.2) is 49.1 Å². The van der Waals surface area contributed by atoms with E-state index >= 15 is 0 Å². The van der Waals surface area contributed by atoms with E-state index in [1.54, 1.807) is 0 Å². The van der Waals surface area contributed by atoms with Crippen LogP contribution >= 0.6 is 0 Å². The zero-order chi connectivity index (χ0) is 12.5. The number of nitrogens with zero attached hydrogens (tertiary/aromatic N) is 3. The fourth-order valence-electron chi connectivity index (χ4n) is 2.29. The lowest BCUT2D eigenvalue weighted by Crippen LogP contribution is -2.31. The summed E-state index contributed by atoms with van der Waals surface area (Å²) in [5, 5.41) is 1.20. The Morgan fingerprint density at radius 1 is 1.06 bits per heavy atom. The topological polar surface area (TPSA) is 29.7 Å². The van der Waals surface area contributed by atoms with E-state index in [2.05, 4.69) is 35.1 Å². The largest absolute Gasteiger partial charge is 0.286 e. The van der Waals surface area contributed by atoms with Gasteiger partial charge in [-0.05, 0) is 30.7 Å². The lowest BCUT2D eigenvalue weighted by molar-refractivity contribution is -0.663. The third-order valence-corrected chi connectivity index (χ3v) is 3.27. The number of benzene rings is 1. The number of pyridine rings is 1. The Hall–Kier alpha value is -2.29. The monoisotopic (exact) mass is 236 g/mol. The molecule has 1 aromatic carbocycles. The van der Waals surface area contributed by atoms with Crippen molar-refractivity contribution < 1.29 is 4.57 Å². The van der Waals surface area contributed by atoms with Gasteiger partial charge in [-0.2, -0.15) is 0 Å². The van der Waals surface area contributed by atoms with Crippen molar-refractivity contribution in [2.24, 2.45) is 7.05 Å². The van der Waals surface area contributed by atoms with E-state index in [-0.39, 0.29) is 0 Å². The van der Waals surface area contributed by atoms with Gasteiger partial charge < -0.3 is 0 Å². The maximum atomic E-state index is 4.38. The Bertz CT molecular complexity index is 720. The molecule has 88 valence electrons. The van der Waals surface area contributed by atoms with Crippen molar-refractivity contribution in [1.82, 2.24) is 9.97 Å². The quantitative estimate of drug-likeness (QED) is 0.607. The molecule has 0 aliphatic carbocycles. The molecule has 0 amide bonds. The highest BCUT2D eigenvalue weighted by Gasteiger charge is 2.11. The Balaban J connectivity index is 2.31. The zero-order valence-electron chi connectivity index (χ0n) is 10.5. The van der Waals surface area contributed by atoms with Crippen molar-refractivity contribution in [3.63, 3.8) is 0 Å². The molecule has 0 radical (unpaired) electrons. The molecule has 0 bridgehead atoms. The summed E-state index contributed by atoms with van der Waals surface area (Å²) >= 11 is 0. The summed E-state index contributed by atoms with van der Waals surface area (Å²) in [6.07, 6.45) is 5.47. The van der Waals surface area contributed by atoms with Gasteiger partial charge in [0.05, 0.1) is 12.6 Å². The number of hydrogen-bond donors (Lipinski definition) is 0. The first-order chi connectivity index (χ1) is 8.77. The summed E-state index contributed by atoms with van der Waals surface area (Å²) in [6.45, 7) is 2.14. The number of aromatic nitrogens is 3. The minimum absolute atomic E-state index is 1.04. The first-order valence-electron chi connectivity index (χ1n) is 5.92. The Morgan fingerprint density at radius 3 is 2.78 bits per heavy atom. The van der Waals surface area contributed by atoms with Crippen LogP contribution in [0.4, 0.5) is 0 Å². The van der Waals surface area contributed by atoms with Gasteiger partial charge in [0.1, 0.15) is 11.9 Å². The average Bonchev–Trinajstić information content (AvgIpc) is 2.41.